The first-order valence-electron chi connectivity index (χ1n) is 4.95. The third kappa shape index (κ3) is 1.75. The lowest BCUT2D eigenvalue weighted by Gasteiger charge is -2.01. The SMILES string of the molecule is CCc1nc2cc(F)c(Br)cn2c1CC=O. The molecule has 0 aromatic carbocycles. The van der Waals surface area contributed by atoms with Crippen LogP contribution in [0.2, 0.25) is 0 Å². The summed E-state index contributed by atoms with van der Waals surface area (Å²) in [5.41, 5.74) is 2.20. The predicted molar refractivity (Wildman–Crippen MR) is 62.0 cm³/mol. The van der Waals surface area contributed by atoms with Crippen molar-refractivity contribution in [3.05, 3.63) is 33.9 Å². The molecule has 84 valence electrons. The maximum absolute atomic E-state index is 13.3. The monoisotopic (exact) mass is 284 g/mol. The Morgan fingerprint density at radius 3 is 3.00 bits per heavy atom. The van der Waals surface area contributed by atoms with Crippen LogP contribution in [0.15, 0.2) is 16.7 Å². The van der Waals surface area contributed by atoms with Crippen molar-refractivity contribution in [2.75, 3.05) is 0 Å². The van der Waals surface area contributed by atoms with Crippen molar-refractivity contribution in [1.82, 2.24) is 9.38 Å². The smallest absolute Gasteiger partial charge is 0.142 e. The van der Waals surface area contributed by atoms with E-state index in [4.69, 9.17) is 0 Å². The molecule has 0 saturated heterocycles. The molecular weight excluding hydrogens is 275 g/mol. The second-order valence-electron chi connectivity index (χ2n) is 3.43. The Morgan fingerprint density at radius 1 is 1.62 bits per heavy atom. The van der Waals surface area contributed by atoms with Gasteiger partial charge in [0.2, 0.25) is 0 Å². The lowest BCUT2D eigenvalue weighted by molar-refractivity contribution is -0.107. The third-order valence-corrected chi connectivity index (χ3v) is 3.04. The van der Waals surface area contributed by atoms with Crippen molar-refractivity contribution in [2.45, 2.75) is 19.8 Å². The van der Waals surface area contributed by atoms with Gasteiger partial charge in [-0.15, -0.1) is 0 Å². The van der Waals surface area contributed by atoms with Gasteiger partial charge < -0.3 is 9.20 Å². The van der Waals surface area contributed by atoms with E-state index >= 15 is 0 Å². The van der Waals surface area contributed by atoms with Crippen LogP contribution in [0.5, 0.6) is 0 Å². The van der Waals surface area contributed by atoms with Crippen LogP contribution < -0.4 is 0 Å². The van der Waals surface area contributed by atoms with E-state index in [-0.39, 0.29) is 5.82 Å². The molecule has 0 radical (unpaired) electrons. The van der Waals surface area contributed by atoms with E-state index in [0.29, 0.717) is 16.5 Å². The van der Waals surface area contributed by atoms with Crippen LogP contribution in [0.25, 0.3) is 5.65 Å². The number of pyridine rings is 1. The number of carbonyl (C=O) groups excluding carboxylic acids is 1. The Balaban J connectivity index is 2.73. The maximum atomic E-state index is 13.3. The number of aryl methyl sites for hydroxylation is 1. The number of hydrogen-bond acceptors (Lipinski definition) is 2. The summed E-state index contributed by atoms with van der Waals surface area (Å²) in [5, 5.41) is 0. The van der Waals surface area contributed by atoms with Crippen LogP contribution in [-0.2, 0) is 17.6 Å². The van der Waals surface area contributed by atoms with Crippen LogP contribution in [-0.4, -0.2) is 15.7 Å². The lowest BCUT2D eigenvalue weighted by atomic mass is 10.2. The summed E-state index contributed by atoms with van der Waals surface area (Å²) >= 11 is 3.12. The first kappa shape index (κ1) is 11.3. The van der Waals surface area contributed by atoms with E-state index in [1.165, 1.54) is 6.07 Å². The van der Waals surface area contributed by atoms with E-state index in [1.54, 1.807) is 10.6 Å². The van der Waals surface area contributed by atoms with Crippen LogP contribution >= 0.6 is 15.9 Å². The number of aromatic nitrogens is 2. The van der Waals surface area contributed by atoms with Crippen molar-refractivity contribution in [3.8, 4) is 0 Å². The molecule has 0 saturated carbocycles. The molecule has 2 heterocycles. The Hall–Kier alpha value is -1.23. The van der Waals surface area contributed by atoms with Crippen molar-refractivity contribution < 1.29 is 9.18 Å². The van der Waals surface area contributed by atoms with Gasteiger partial charge in [0.15, 0.2) is 0 Å². The van der Waals surface area contributed by atoms with Crippen LogP contribution in [0.1, 0.15) is 18.3 Å². The fourth-order valence-electron chi connectivity index (χ4n) is 1.72. The largest absolute Gasteiger partial charge is 0.303 e. The fraction of sp³-hybridized carbons (Fsp3) is 0.273. The molecule has 2 aromatic rings. The number of fused-ring (bicyclic) bond motifs is 1. The number of rotatable bonds is 3. The second-order valence-corrected chi connectivity index (χ2v) is 4.28. The average Bonchev–Trinajstić information content (AvgIpc) is 2.58. The highest BCUT2D eigenvalue weighted by Gasteiger charge is 2.12. The standard InChI is InChI=1S/C11H10BrFN2O/c1-2-9-10(3-4-16)15-6-7(12)8(13)5-11(15)14-9/h4-6H,2-3H2,1H3. The zero-order chi connectivity index (χ0) is 11.7. The summed E-state index contributed by atoms with van der Waals surface area (Å²) in [5.74, 6) is -0.349. The maximum Gasteiger partial charge on any atom is 0.142 e. The quantitative estimate of drug-likeness (QED) is 0.812. The van der Waals surface area contributed by atoms with E-state index in [2.05, 4.69) is 20.9 Å². The topological polar surface area (TPSA) is 34.4 Å². The van der Waals surface area contributed by atoms with Crippen molar-refractivity contribution in [2.24, 2.45) is 0 Å². The first-order chi connectivity index (χ1) is 7.67. The van der Waals surface area contributed by atoms with Crippen molar-refractivity contribution in [1.29, 1.82) is 0 Å². The molecule has 0 atom stereocenters. The Morgan fingerprint density at radius 2 is 2.38 bits per heavy atom. The highest BCUT2D eigenvalue weighted by atomic mass is 79.9. The van der Waals surface area contributed by atoms with Crippen LogP contribution in [0.4, 0.5) is 4.39 Å². The molecule has 0 aliphatic carbocycles. The van der Waals surface area contributed by atoms with Gasteiger partial charge in [-0.3, -0.25) is 0 Å². The van der Waals surface area contributed by atoms with Gasteiger partial charge in [-0.2, -0.15) is 0 Å². The fourth-order valence-corrected chi connectivity index (χ4v) is 2.03. The van der Waals surface area contributed by atoms with Gasteiger partial charge in [-0.05, 0) is 22.4 Å². The number of carbonyl (C=O) groups is 1. The summed E-state index contributed by atoms with van der Waals surface area (Å²) in [7, 11) is 0. The Bertz CT molecular complexity index is 550. The molecule has 2 aromatic heterocycles. The van der Waals surface area contributed by atoms with Gasteiger partial charge >= 0.3 is 0 Å². The highest BCUT2D eigenvalue weighted by molar-refractivity contribution is 9.10. The molecule has 0 spiro atoms. The minimum atomic E-state index is -0.349. The summed E-state index contributed by atoms with van der Waals surface area (Å²) in [6, 6.07) is 1.36. The molecule has 0 aliphatic rings. The molecule has 0 bridgehead atoms. The van der Waals surface area contributed by atoms with E-state index in [9.17, 15) is 9.18 Å². The minimum absolute atomic E-state index is 0.294. The predicted octanol–water partition coefficient (Wildman–Crippen LogP) is 2.54. The van der Waals surface area contributed by atoms with E-state index in [0.717, 1.165) is 24.1 Å². The Labute approximate surface area is 100 Å². The van der Waals surface area contributed by atoms with Gasteiger partial charge in [-0.1, -0.05) is 6.92 Å². The van der Waals surface area contributed by atoms with E-state index < -0.39 is 0 Å². The highest BCUT2D eigenvalue weighted by Crippen LogP contribution is 2.20. The number of imidazole rings is 1. The number of nitrogens with zero attached hydrogens (tertiary/aromatic N) is 2. The van der Waals surface area contributed by atoms with Gasteiger partial charge in [0.05, 0.1) is 15.9 Å². The van der Waals surface area contributed by atoms with E-state index in [1.807, 2.05) is 6.92 Å². The molecular formula is C11H10BrFN2O. The zero-order valence-electron chi connectivity index (χ0n) is 8.70. The van der Waals surface area contributed by atoms with Crippen molar-refractivity contribution in [3.63, 3.8) is 0 Å². The van der Waals surface area contributed by atoms with Crippen molar-refractivity contribution >= 4 is 27.9 Å². The molecule has 0 aliphatic heterocycles. The first-order valence-corrected chi connectivity index (χ1v) is 5.75. The summed E-state index contributed by atoms with van der Waals surface area (Å²) < 4.78 is 15.4. The van der Waals surface area contributed by atoms with Gasteiger partial charge in [0.25, 0.3) is 0 Å². The van der Waals surface area contributed by atoms with Crippen LogP contribution in [0, 0.1) is 5.82 Å². The lowest BCUT2D eigenvalue weighted by Crippen LogP contribution is -1.97. The third-order valence-electron chi connectivity index (χ3n) is 2.46. The minimum Gasteiger partial charge on any atom is -0.303 e. The van der Waals surface area contributed by atoms with Gasteiger partial charge in [0, 0.05) is 18.7 Å². The molecule has 0 amide bonds. The average molecular weight is 285 g/mol. The molecule has 0 fully saturated rings. The molecule has 0 unspecified atom stereocenters. The molecule has 0 N–H and O–H groups in total. The Kier molecular flexibility index (Phi) is 3.05. The second kappa shape index (κ2) is 4.33. The molecule has 3 nitrogen and oxygen atoms in total. The molecule has 2 rings (SSSR count). The normalized spacial score (nSPS) is 10.9. The molecule has 16 heavy (non-hydrogen) atoms. The summed E-state index contributed by atoms with van der Waals surface area (Å²) in [6.07, 6.45) is 3.46. The zero-order valence-corrected chi connectivity index (χ0v) is 10.3. The van der Waals surface area contributed by atoms with Crippen LogP contribution in [0.3, 0.4) is 0 Å². The van der Waals surface area contributed by atoms with Gasteiger partial charge in [0.1, 0.15) is 17.8 Å². The number of halogens is 2. The molecule has 5 heteroatoms. The summed E-state index contributed by atoms with van der Waals surface area (Å²) in [6.45, 7) is 1.96. The van der Waals surface area contributed by atoms with Gasteiger partial charge in [-0.25, -0.2) is 9.37 Å². The number of aldehydes is 1. The number of hydrogen-bond donors (Lipinski definition) is 0. The summed E-state index contributed by atoms with van der Waals surface area (Å²) in [4.78, 5) is 14.9.